The van der Waals surface area contributed by atoms with Crippen LogP contribution in [0.1, 0.15) is 45.4 Å². The number of carbonyl (C=O) groups is 1. The van der Waals surface area contributed by atoms with Gasteiger partial charge in [-0.3, -0.25) is 4.79 Å². The molecule has 4 heteroatoms. The fourth-order valence-corrected chi connectivity index (χ4v) is 1.71. The summed E-state index contributed by atoms with van der Waals surface area (Å²) in [5, 5.41) is 2.89. The van der Waals surface area contributed by atoms with E-state index in [0.29, 0.717) is 6.42 Å². The molecule has 1 amide bonds. The van der Waals surface area contributed by atoms with Gasteiger partial charge in [0, 0.05) is 31.9 Å². The SMILES string of the molecule is CCCNC(=O)CCCCCCn1ccnc1. The van der Waals surface area contributed by atoms with Crippen molar-refractivity contribution in [3.8, 4) is 0 Å². The summed E-state index contributed by atoms with van der Waals surface area (Å²) in [4.78, 5) is 15.3. The van der Waals surface area contributed by atoms with Crippen molar-refractivity contribution >= 4 is 5.91 Å². The third-order valence-electron chi connectivity index (χ3n) is 2.70. The Morgan fingerprint density at radius 3 is 2.82 bits per heavy atom. The summed E-state index contributed by atoms with van der Waals surface area (Å²) in [7, 11) is 0. The number of aromatic nitrogens is 2. The molecule has 96 valence electrons. The third-order valence-corrected chi connectivity index (χ3v) is 2.70. The number of rotatable bonds is 9. The first-order chi connectivity index (χ1) is 8.33. The first-order valence-corrected chi connectivity index (χ1v) is 6.55. The Bertz CT molecular complexity index is 296. The van der Waals surface area contributed by atoms with Crippen LogP contribution in [0.3, 0.4) is 0 Å². The van der Waals surface area contributed by atoms with Gasteiger partial charge in [-0.2, -0.15) is 0 Å². The largest absolute Gasteiger partial charge is 0.356 e. The van der Waals surface area contributed by atoms with Gasteiger partial charge in [0.15, 0.2) is 0 Å². The molecule has 1 rings (SSSR count). The highest BCUT2D eigenvalue weighted by Gasteiger charge is 1.99. The van der Waals surface area contributed by atoms with E-state index in [1.54, 1.807) is 6.20 Å². The zero-order valence-corrected chi connectivity index (χ0v) is 10.7. The van der Waals surface area contributed by atoms with Crippen molar-refractivity contribution in [3.05, 3.63) is 18.7 Å². The fraction of sp³-hybridized carbons (Fsp3) is 0.692. The topological polar surface area (TPSA) is 46.9 Å². The predicted octanol–water partition coefficient (Wildman–Crippen LogP) is 2.36. The number of nitrogens with zero attached hydrogens (tertiary/aromatic N) is 2. The molecule has 1 N–H and O–H groups in total. The summed E-state index contributed by atoms with van der Waals surface area (Å²) in [6.07, 6.45) is 11.8. The molecule has 17 heavy (non-hydrogen) atoms. The molecule has 0 saturated heterocycles. The van der Waals surface area contributed by atoms with E-state index in [0.717, 1.165) is 38.8 Å². The number of aryl methyl sites for hydroxylation is 1. The smallest absolute Gasteiger partial charge is 0.219 e. The highest BCUT2D eigenvalue weighted by molar-refractivity contribution is 5.75. The molecule has 1 heterocycles. The molecule has 0 aliphatic carbocycles. The molecule has 0 unspecified atom stereocenters. The van der Waals surface area contributed by atoms with Crippen LogP contribution in [-0.4, -0.2) is 22.0 Å². The van der Waals surface area contributed by atoms with Crippen LogP contribution >= 0.6 is 0 Å². The zero-order valence-electron chi connectivity index (χ0n) is 10.7. The van der Waals surface area contributed by atoms with Crippen molar-refractivity contribution in [2.75, 3.05) is 6.54 Å². The normalized spacial score (nSPS) is 10.4. The van der Waals surface area contributed by atoms with Crippen molar-refractivity contribution in [1.29, 1.82) is 0 Å². The Balaban J connectivity index is 1.89. The minimum atomic E-state index is 0.196. The molecule has 0 radical (unpaired) electrons. The molecule has 4 nitrogen and oxygen atoms in total. The Morgan fingerprint density at radius 1 is 1.29 bits per heavy atom. The second kappa shape index (κ2) is 8.79. The van der Waals surface area contributed by atoms with Crippen LogP contribution < -0.4 is 5.32 Å². The minimum absolute atomic E-state index is 0.196. The average Bonchev–Trinajstić information content (AvgIpc) is 2.84. The lowest BCUT2D eigenvalue weighted by Crippen LogP contribution is -2.23. The number of imidazole rings is 1. The molecule has 0 aliphatic rings. The van der Waals surface area contributed by atoms with E-state index in [4.69, 9.17) is 0 Å². The summed E-state index contributed by atoms with van der Waals surface area (Å²) < 4.78 is 2.09. The number of nitrogens with one attached hydrogen (secondary N) is 1. The molecular weight excluding hydrogens is 214 g/mol. The number of amides is 1. The van der Waals surface area contributed by atoms with Gasteiger partial charge in [-0.25, -0.2) is 4.98 Å². The van der Waals surface area contributed by atoms with E-state index in [1.807, 2.05) is 12.5 Å². The Kier molecular flexibility index (Phi) is 7.11. The lowest BCUT2D eigenvalue weighted by molar-refractivity contribution is -0.121. The van der Waals surface area contributed by atoms with Gasteiger partial charge in [0.25, 0.3) is 0 Å². The van der Waals surface area contributed by atoms with Gasteiger partial charge in [0.2, 0.25) is 5.91 Å². The van der Waals surface area contributed by atoms with Crippen LogP contribution in [0.5, 0.6) is 0 Å². The predicted molar refractivity (Wildman–Crippen MR) is 68.6 cm³/mol. The summed E-state index contributed by atoms with van der Waals surface area (Å²) >= 11 is 0. The molecule has 0 aliphatic heterocycles. The fourth-order valence-electron chi connectivity index (χ4n) is 1.71. The summed E-state index contributed by atoms with van der Waals surface area (Å²) in [6.45, 7) is 3.90. The molecule has 0 fully saturated rings. The summed E-state index contributed by atoms with van der Waals surface area (Å²) in [6, 6.07) is 0. The van der Waals surface area contributed by atoms with Crippen molar-refractivity contribution in [1.82, 2.24) is 14.9 Å². The van der Waals surface area contributed by atoms with Crippen LogP contribution in [0.2, 0.25) is 0 Å². The van der Waals surface area contributed by atoms with Crippen LogP contribution in [0.25, 0.3) is 0 Å². The van der Waals surface area contributed by atoms with Crippen LogP contribution in [0.15, 0.2) is 18.7 Å². The molecule has 0 bridgehead atoms. The second-order valence-electron chi connectivity index (χ2n) is 4.31. The van der Waals surface area contributed by atoms with Gasteiger partial charge in [-0.15, -0.1) is 0 Å². The van der Waals surface area contributed by atoms with Gasteiger partial charge in [-0.05, 0) is 19.3 Å². The number of hydrogen-bond acceptors (Lipinski definition) is 2. The van der Waals surface area contributed by atoms with E-state index in [2.05, 4.69) is 21.8 Å². The van der Waals surface area contributed by atoms with E-state index in [-0.39, 0.29) is 5.91 Å². The van der Waals surface area contributed by atoms with Crippen molar-refractivity contribution < 1.29 is 4.79 Å². The molecule has 1 aromatic rings. The number of carbonyl (C=O) groups excluding carboxylic acids is 1. The third kappa shape index (κ3) is 6.76. The first-order valence-electron chi connectivity index (χ1n) is 6.55. The molecule has 0 atom stereocenters. The Labute approximate surface area is 103 Å². The van der Waals surface area contributed by atoms with E-state index < -0.39 is 0 Å². The highest BCUT2D eigenvalue weighted by atomic mass is 16.1. The molecular formula is C13H23N3O. The summed E-state index contributed by atoms with van der Waals surface area (Å²) in [5.74, 6) is 0.196. The van der Waals surface area contributed by atoms with Gasteiger partial charge in [0.1, 0.15) is 0 Å². The Hall–Kier alpha value is -1.32. The van der Waals surface area contributed by atoms with Crippen LogP contribution in [0.4, 0.5) is 0 Å². The zero-order chi connectivity index (χ0) is 12.3. The maximum atomic E-state index is 11.3. The quantitative estimate of drug-likeness (QED) is 0.670. The van der Waals surface area contributed by atoms with Gasteiger partial charge >= 0.3 is 0 Å². The molecule has 0 saturated carbocycles. The summed E-state index contributed by atoms with van der Waals surface area (Å²) in [5.41, 5.74) is 0. The number of hydrogen-bond donors (Lipinski definition) is 1. The van der Waals surface area contributed by atoms with E-state index in [9.17, 15) is 4.79 Å². The van der Waals surface area contributed by atoms with Crippen LogP contribution in [0, 0.1) is 0 Å². The van der Waals surface area contributed by atoms with Crippen molar-refractivity contribution in [3.63, 3.8) is 0 Å². The molecule has 1 aromatic heterocycles. The molecule has 0 spiro atoms. The van der Waals surface area contributed by atoms with Gasteiger partial charge < -0.3 is 9.88 Å². The van der Waals surface area contributed by atoms with Crippen LogP contribution in [-0.2, 0) is 11.3 Å². The monoisotopic (exact) mass is 237 g/mol. The lowest BCUT2D eigenvalue weighted by atomic mass is 10.1. The van der Waals surface area contributed by atoms with Gasteiger partial charge in [0.05, 0.1) is 6.33 Å². The highest BCUT2D eigenvalue weighted by Crippen LogP contribution is 2.04. The molecule has 0 aromatic carbocycles. The maximum Gasteiger partial charge on any atom is 0.219 e. The standard InChI is InChI=1S/C13H23N3O/c1-2-8-15-13(17)7-5-3-4-6-10-16-11-9-14-12-16/h9,11-12H,2-8,10H2,1H3,(H,15,17). The van der Waals surface area contributed by atoms with Crippen molar-refractivity contribution in [2.24, 2.45) is 0 Å². The number of unbranched alkanes of at least 4 members (excludes halogenated alkanes) is 3. The van der Waals surface area contributed by atoms with E-state index >= 15 is 0 Å². The first kappa shape index (κ1) is 13.7. The maximum absolute atomic E-state index is 11.3. The van der Waals surface area contributed by atoms with E-state index in [1.165, 1.54) is 6.42 Å². The van der Waals surface area contributed by atoms with Gasteiger partial charge in [-0.1, -0.05) is 19.8 Å². The second-order valence-corrected chi connectivity index (χ2v) is 4.31. The average molecular weight is 237 g/mol. The lowest BCUT2D eigenvalue weighted by Gasteiger charge is -2.04. The van der Waals surface area contributed by atoms with Crippen molar-refractivity contribution in [2.45, 2.75) is 52.0 Å². The Morgan fingerprint density at radius 2 is 2.12 bits per heavy atom. The minimum Gasteiger partial charge on any atom is -0.356 e.